The number of ether oxygens (including phenoxy) is 3. The molecule has 0 saturated carbocycles. The number of benzene rings is 1. The Morgan fingerprint density at radius 1 is 1.29 bits per heavy atom. The van der Waals surface area contributed by atoms with Gasteiger partial charge in [0.25, 0.3) is 0 Å². The summed E-state index contributed by atoms with van der Waals surface area (Å²) in [6.45, 7) is 5.31. The zero-order valence-electron chi connectivity index (χ0n) is 19.6. The number of amides is 1. The molecule has 3 aromatic rings. The summed E-state index contributed by atoms with van der Waals surface area (Å²) in [6.07, 6.45) is 1.98. The maximum atomic E-state index is 15.3. The Morgan fingerprint density at radius 2 is 2.14 bits per heavy atom. The molecule has 1 aromatic carbocycles. The van der Waals surface area contributed by atoms with E-state index >= 15 is 4.39 Å². The van der Waals surface area contributed by atoms with Crippen LogP contribution in [0.5, 0.6) is 5.88 Å². The van der Waals surface area contributed by atoms with E-state index in [9.17, 15) is 4.79 Å². The van der Waals surface area contributed by atoms with E-state index in [-0.39, 0.29) is 11.5 Å². The third kappa shape index (κ3) is 4.64. The predicted octanol–water partition coefficient (Wildman–Crippen LogP) is 3.01. The second-order valence-electron chi connectivity index (χ2n) is 8.68. The maximum Gasteiger partial charge on any atom is 0.413 e. The van der Waals surface area contributed by atoms with Crippen LogP contribution in [0.2, 0.25) is 0 Å². The molecule has 5 rings (SSSR count). The van der Waals surface area contributed by atoms with E-state index < -0.39 is 18.0 Å². The molecule has 0 aliphatic carbocycles. The first kappa shape index (κ1) is 23.1. The number of nitrogens with one attached hydrogen (secondary N) is 2. The van der Waals surface area contributed by atoms with Crippen LogP contribution in [-0.2, 0) is 9.47 Å². The molecule has 2 aliphatic heterocycles. The molecule has 4 N–H and O–H groups in total. The van der Waals surface area contributed by atoms with Crippen LogP contribution in [0.1, 0.15) is 5.56 Å². The third-order valence-corrected chi connectivity index (χ3v) is 6.18. The summed E-state index contributed by atoms with van der Waals surface area (Å²) in [5, 5.41) is 6.95. The zero-order chi connectivity index (χ0) is 24.5. The van der Waals surface area contributed by atoms with E-state index in [0.717, 1.165) is 17.8 Å². The van der Waals surface area contributed by atoms with E-state index in [1.54, 1.807) is 18.3 Å². The number of carbonyl (C=O) groups is 1. The largest absolute Gasteiger partial charge is 0.474 e. The number of carbonyl (C=O) groups excluding carboxylic acids is 1. The van der Waals surface area contributed by atoms with Crippen LogP contribution >= 0.6 is 0 Å². The van der Waals surface area contributed by atoms with Crippen molar-refractivity contribution in [2.24, 2.45) is 0 Å². The fourth-order valence-electron chi connectivity index (χ4n) is 4.34. The van der Waals surface area contributed by atoms with Crippen molar-refractivity contribution >= 4 is 34.1 Å². The van der Waals surface area contributed by atoms with E-state index in [1.165, 1.54) is 6.20 Å². The van der Waals surface area contributed by atoms with Gasteiger partial charge in [0.1, 0.15) is 24.2 Å². The number of rotatable bonds is 3. The lowest BCUT2D eigenvalue weighted by molar-refractivity contribution is 0.0413. The number of hydrogen-bond acceptors (Lipinski definition) is 9. The van der Waals surface area contributed by atoms with Gasteiger partial charge in [0.2, 0.25) is 5.88 Å². The highest BCUT2D eigenvalue weighted by molar-refractivity contribution is 5.99. The zero-order valence-corrected chi connectivity index (χ0v) is 19.6. The molecule has 1 unspecified atom stereocenters. The van der Waals surface area contributed by atoms with Crippen LogP contribution < -0.4 is 21.1 Å². The van der Waals surface area contributed by atoms with Gasteiger partial charge in [-0.2, -0.15) is 0 Å². The van der Waals surface area contributed by atoms with Gasteiger partial charge in [0.05, 0.1) is 18.9 Å². The predicted molar refractivity (Wildman–Crippen MR) is 130 cm³/mol. The third-order valence-electron chi connectivity index (χ3n) is 6.18. The molecule has 1 saturated heterocycles. The van der Waals surface area contributed by atoms with Crippen LogP contribution in [-0.4, -0.2) is 73.6 Å². The molecule has 0 bridgehead atoms. The summed E-state index contributed by atoms with van der Waals surface area (Å²) in [7, 11) is 1.94. The molecule has 1 fully saturated rings. The molecule has 2 aromatic heterocycles. The molecule has 4 heterocycles. The molecule has 0 spiro atoms. The fourth-order valence-corrected chi connectivity index (χ4v) is 4.34. The van der Waals surface area contributed by atoms with Gasteiger partial charge in [0.15, 0.2) is 5.82 Å². The second kappa shape index (κ2) is 9.51. The number of anilines is 3. The molecule has 2 aliphatic rings. The summed E-state index contributed by atoms with van der Waals surface area (Å²) < 4.78 is 31.9. The lowest BCUT2D eigenvalue weighted by Gasteiger charge is -2.22. The number of nitrogens with two attached hydrogens (primary N) is 1. The van der Waals surface area contributed by atoms with Gasteiger partial charge < -0.3 is 30.2 Å². The number of fused-ring (bicyclic) bond motifs is 2. The van der Waals surface area contributed by atoms with E-state index in [0.29, 0.717) is 60.7 Å². The van der Waals surface area contributed by atoms with Crippen molar-refractivity contribution in [1.82, 2.24) is 14.9 Å². The number of hydrogen-bond donors (Lipinski definition) is 3. The first-order chi connectivity index (χ1) is 16.9. The highest BCUT2D eigenvalue weighted by atomic mass is 19.1. The Bertz CT molecular complexity index is 1290. The van der Waals surface area contributed by atoms with Crippen molar-refractivity contribution in [2.75, 3.05) is 62.9 Å². The number of nitrogen functional groups attached to an aromatic ring is 1. The molecule has 1 atom stereocenters. The average Bonchev–Trinajstić information content (AvgIpc) is 3.05. The van der Waals surface area contributed by atoms with Gasteiger partial charge in [-0.3, -0.25) is 5.32 Å². The molecule has 1 amide bonds. The van der Waals surface area contributed by atoms with Crippen LogP contribution in [0.15, 0.2) is 24.5 Å². The number of likely N-dealkylation sites (N-methyl/N-ethyl adjacent to an activating group) is 1. The van der Waals surface area contributed by atoms with Crippen LogP contribution in [0, 0.1) is 12.7 Å². The quantitative estimate of drug-likeness (QED) is 0.483. The van der Waals surface area contributed by atoms with Crippen LogP contribution in [0.25, 0.3) is 21.9 Å². The van der Waals surface area contributed by atoms with Gasteiger partial charge >= 0.3 is 6.09 Å². The normalized spacial score (nSPS) is 18.2. The van der Waals surface area contributed by atoms with Gasteiger partial charge in [0, 0.05) is 48.5 Å². The standard InChI is InChI=1S/C24H27FN6O4/c1-13-17(9-29-23-22(13)27-3-5-34-23)16-7-14-8-19(28-10-18(14)21(26)20(16)25)30-24(32)35-15-11-31(2)4-6-33-12-15/h7-10,15,27H,3-6,11-12,26H2,1-2H3,(H,28,30,32). The SMILES string of the molecule is Cc1c(-c2cc3cc(NC(=O)OC4COCCN(C)C4)ncc3c(N)c2F)cnc2c1NCCO2. The van der Waals surface area contributed by atoms with Gasteiger partial charge in [-0.15, -0.1) is 0 Å². The monoisotopic (exact) mass is 482 g/mol. The number of halogens is 1. The maximum absolute atomic E-state index is 15.3. The van der Waals surface area contributed by atoms with Crippen LogP contribution in [0.3, 0.4) is 0 Å². The Labute approximate surface area is 201 Å². The van der Waals surface area contributed by atoms with E-state index in [4.69, 9.17) is 19.9 Å². The second-order valence-corrected chi connectivity index (χ2v) is 8.68. The summed E-state index contributed by atoms with van der Waals surface area (Å²) in [4.78, 5) is 23.1. The van der Waals surface area contributed by atoms with Gasteiger partial charge in [-0.05, 0) is 37.1 Å². The summed E-state index contributed by atoms with van der Waals surface area (Å²) in [5.74, 6) is 0.197. The Hall–Kier alpha value is -3.70. The minimum absolute atomic E-state index is 0.0286. The van der Waals surface area contributed by atoms with Crippen molar-refractivity contribution in [3.63, 3.8) is 0 Å². The minimum Gasteiger partial charge on any atom is -0.474 e. The molecule has 10 nitrogen and oxygen atoms in total. The van der Waals surface area contributed by atoms with Crippen molar-refractivity contribution < 1.29 is 23.4 Å². The lowest BCUT2D eigenvalue weighted by Crippen LogP contribution is -2.34. The Morgan fingerprint density at radius 3 is 3.00 bits per heavy atom. The van der Waals surface area contributed by atoms with Gasteiger partial charge in [-0.25, -0.2) is 19.2 Å². The van der Waals surface area contributed by atoms with Crippen molar-refractivity contribution in [3.8, 4) is 17.0 Å². The molecule has 184 valence electrons. The van der Waals surface area contributed by atoms with Crippen molar-refractivity contribution in [1.29, 1.82) is 0 Å². The summed E-state index contributed by atoms with van der Waals surface area (Å²) in [6, 6.07) is 3.31. The van der Waals surface area contributed by atoms with Crippen LogP contribution in [0.4, 0.5) is 26.4 Å². The number of nitrogens with zero attached hydrogens (tertiary/aromatic N) is 3. The first-order valence-corrected chi connectivity index (χ1v) is 11.4. The Kier molecular flexibility index (Phi) is 6.27. The molecule has 0 radical (unpaired) electrons. The Balaban J connectivity index is 1.43. The van der Waals surface area contributed by atoms with Crippen molar-refractivity contribution in [2.45, 2.75) is 13.0 Å². The molecule has 11 heteroatoms. The topological polar surface area (TPSA) is 124 Å². The summed E-state index contributed by atoms with van der Waals surface area (Å²) in [5.41, 5.74) is 8.55. The van der Waals surface area contributed by atoms with Crippen molar-refractivity contribution in [3.05, 3.63) is 35.9 Å². The number of aromatic nitrogens is 2. The minimum atomic E-state index is -0.642. The highest BCUT2D eigenvalue weighted by Crippen LogP contribution is 2.39. The smallest absolute Gasteiger partial charge is 0.413 e. The van der Waals surface area contributed by atoms with E-state index in [2.05, 4.69) is 20.6 Å². The van der Waals surface area contributed by atoms with E-state index in [1.807, 2.05) is 18.9 Å². The average molecular weight is 483 g/mol. The lowest BCUT2D eigenvalue weighted by atomic mass is 9.97. The molecular formula is C24H27FN6O4. The molecule has 35 heavy (non-hydrogen) atoms. The first-order valence-electron chi connectivity index (χ1n) is 11.4. The van der Waals surface area contributed by atoms with Gasteiger partial charge in [-0.1, -0.05) is 0 Å². The molecular weight excluding hydrogens is 455 g/mol. The highest BCUT2D eigenvalue weighted by Gasteiger charge is 2.22. The fraction of sp³-hybridized carbons (Fsp3) is 0.375. The number of pyridine rings is 2. The summed E-state index contributed by atoms with van der Waals surface area (Å²) >= 11 is 0.